The lowest BCUT2D eigenvalue weighted by Crippen LogP contribution is -2.51. The van der Waals surface area contributed by atoms with E-state index in [1.165, 1.54) is 0 Å². The van der Waals surface area contributed by atoms with Crippen LogP contribution in [0.4, 0.5) is 0 Å². The van der Waals surface area contributed by atoms with Gasteiger partial charge in [0.15, 0.2) is 5.82 Å². The molecule has 0 radical (unpaired) electrons. The third kappa shape index (κ3) is 3.69. The minimum atomic E-state index is -0.343. The predicted octanol–water partition coefficient (Wildman–Crippen LogP) is 1.53. The average molecular weight is 392 g/mol. The van der Waals surface area contributed by atoms with Crippen LogP contribution in [0.25, 0.3) is 10.9 Å². The molecule has 0 spiro atoms. The van der Waals surface area contributed by atoms with Crippen LogP contribution < -0.4 is 10.3 Å². The Balaban J connectivity index is 1.44. The van der Waals surface area contributed by atoms with Gasteiger partial charge in [0.1, 0.15) is 5.75 Å². The molecule has 1 aromatic heterocycles. The monoisotopic (exact) mass is 392 g/mol. The number of carbonyl (C=O) groups excluding carboxylic acids is 2. The number of nitrogens with one attached hydrogen (secondary N) is 1. The first kappa shape index (κ1) is 18.7. The van der Waals surface area contributed by atoms with Crippen LogP contribution in [0.2, 0.25) is 0 Å². The van der Waals surface area contributed by atoms with Crippen molar-refractivity contribution in [2.45, 2.75) is 0 Å². The fourth-order valence-electron chi connectivity index (χ4n) is 3.37. The zero-order chi connectivity index (χ0) is 20.4. The van der Waals surface area contributed by atoms with E-state index in [-0.39, 0.29) is 23.2 Å². The maximum atomic E-state index is 12.8. The summed E-state index contributed by atoms with van der Waals surface area (Å²) in [6.45, 7) is 1.57. The number of hydrogen-bond acceptors (Lipinski definition) is 5. The molecule has 8 nitrogen and oxygen atoms in total. The van der Waals surface area contributed by atoms with Crippen molar-refractivity contribution >= 4 is 22.7 Å². The van der Waals surface area contributed by atoms with Crippen molar-refractivity contribution in [2.24, 2.45) is 0 Å². The number of carbonyl (C=O) groups is 2. The quantitative estimate of drug-likeness (QED) is 0.729. The molecule has 0 unspecified atom stereocenters. The highest BCUT2D eigenvalue weighted by Crippen LogP contribution is 2.15. The van der Waals surface area contributed by atoms with Gasteiger partial charge < -0.3 is 19.5 Å². The van der Waals surface area contributed by atoms with E-state index in [9.17, 15) is 14.4 Å². The molecule has 2 amide bonds. The maximum absolute atomic E-state index is 12.8. The van der Waals surface area contributed by atoms with Crippen LogP contribution in [-0.4, -0.2) is 64.9 Å². The van der Waals surface area contributed by atoms with Gasteiger partial charge in [-0.15, -0.1) is 0 Å². The Bertz CT molecular complexity index is 1120. The number of methoxy groups -OCH3 is 1. The van der Waals surface area contributed by atoms with Crippen LogP contribution in [-0.2, 0) is 0 Å². The Morgan fingerprint density at radius 1 is 0.931 bits per heavy atom. The number of amides is 2. The van der Waals surface area contributed by atoms with Gasteiger partial charge in [0.25, 0.3) is 17.4 Å². The highest BCUT2D eigenvalue weighted by atomic mass is 16.5. The summed E-state index contributed by atoms with van der Waals surface area (Å²) in [5.41, 5.74) is 0.714. The summed E-state index contributed by atoms with van der Waals surface area (Å²) in [5.74, 6) is 0.277. The lowest BCUT2D eigenvalue weighted by atomic mass is 10.1. The number of hydrogen-bond donors (Lipinski definition) is 1. The first-order valence-corrected chi connectivity index (χ1v) is 9.28. The molecule has 29 heavy (non-hydrogen) atoms. The van der Waals surface area contributed by atoms with E-state index < -0.39 is 0 Å². The summed E-state index contributed by atoms with van der Waals surface area (Å²) >= 11 is 0. The first-order valence-electron chi connectivity index (χ1n) is 9.28. The lowest BCUT2D eigenvalue weighted by Gasteiger charge is -2.34. The molecule has 0 atom stereocenters. The summed E-state index contributed by atoms with van der Waals surface area (Å²) in [6.07, 6.45) is 0. The molecule has 0 aliphatic carbocycles. The van der Waals surface area contributed by atoms with E-state index in [1.807, 2.05) is 0 Å². The zero-order valence-electron chi connectivity index (χ0n) is 15.9. The Morgan fingerprint density at radius 3 is 2.21 bits per heavy atom. The molecule has 2 aromatic carbocycles. The van der Waals surface area contributed by atoms with Crippen LogP contribution in [0.3, 0.4) is 0 Å². The predicted molar refractivity (Wildman–Crippen MR) is 107 cm³/mol. The van der Waals surface area contributed by atoms with E-state index in [0.29, 0.717) is 48.4 Å². The second kappa shape index (κ2) is 7.75. The van der Waals surface area contributed by atoms with Crippen molar-refractivity contribution in [3.05, 3.63) is 70.3 Å². The molecule has 2 heterocycles. The van der Waals surface area contributed by atoms with E-state index >= 15 is 0 Å². The first-order chi connectivity index (χ1) is 14.1. The number of H-pyrrole nitrogens is 1. The summed E-state index contributed by atoms with van der Waals surface area (Å²) < 4.78 is 5.11. The van der Waals surface area contributed by atoms with Crippen molar-refractivity contribution in [2.75, 3.05) is 33.3 Å². The average Bonchev–Trinajstić information content (AvgIpc) is 2.78. The van der Waals surface area contributed by atoms with Crippen LogP contribution in [0.15, 0.2) is 53.3 Å². The largest absolute Gasteiger partial charge is 0.497 e. The number of nitrogens with zero attached hydrogens (tertiary/aromatic N) is 3. The topological polar surface area (TPSA) is 95.6 Å². The molecule has 8 heteroatoms. The van der Waals surface area contributed by atoms with Gasteiger partial charge in [-0.2, -0.15) is 0 Å². The second-order valence-electron chi connectivity index (χ2n) is 6.74. The highest BCUT2D eigenvalue weighted by Gasteiger charge is 2.27. The lowest BCUT2D eigenvalue weighted by molar-refractivity contribution is 0.0529. The van der Waals surface area contributed by atoms with Gasteiger partial charge in [-0.3, -0.25) is 14.4 Å². The highest BCUT2D eigenvalue weighted by molar-refractivity contribution is 5.95. The molecule has 1 aliphatic rings. The fourth-order valence-corrected chi connectivity index (χ4v) is 3.37. The van der Waals surface area contributed by atoms with Crippen molar-refractivity contribution in [1.82, 2.24) is 19.8 Å². The molecule has 148 valence electrons. The van der Waals surface area contributed by atoms with Crippen molar-refractivity contribution in [1.29, 1.82) is 0 Å². The maximum Gasteiger partial charge on any atom is 0.289 e. The number of fused-ring (bicyclic) bond motifs is 1. The molecule has 3 aromatic rings. The number of ether oxygens (including phenoxy) is 1. The number of aromatic nitrogens is 2. The molecule has 4 rings (SSSR count). The SMILES string of the molecule is COc1ccc(C(=O)N2CCN(C(=O)c3nc4ccccc4c(=O)[nH]3)CC2)cc1. The van der Waals surface area contributed by atoms with Crippen LogP contribution in [0, 0.1) is 0 Å². The minimum absolute atomic E-state index is 0.0173. The number of aromatic amines is 1. The molecule has 0 bridgehead atoms. The molecule has 1 saturated heterocycles. The molecule has 1 fully saturated rings. The van der Waals surface area contributed by atoms with Gasteiger partial charge in [0.2, 0.25) is 0 Å². The van der Waals surface area contributed by atoms with E-state index in [2.05, 4.69) is 9.97 Å². The molecule has 1 aliphatic heterocycles. The Kier molecular flexibility index (Phi) is 4.99. The zero-order valence-corrected chi connectivity index (χ0v) is 15.9. The number of benzene rings is 2. The summed E-state index contributed by atoms with van der Waals surface area (Å²) in [7, 11) is 1.57. The van der Waals surface area contributed by atoms with E-state index in [4.69, 9.17) is 4.74 Å². The van der Waals surface area contributed by atoms with E-state index in [0.717, 1.165) is 0 Å². The number of piperazine rings is 1. The van der Waals surface area contributed by atoms with Gasteiger partial charge in [-0.05, 0) is 36.4 Å². The number of para-hydroxylation sites is 1. The minimum Gasteiger partial charge on any atom is -0.497 e. The molecule has 0 saturated carbocycles. The molecular weight excluding hydrogens is 372 g/mol. The second-order valence-corrected chi connectivity index (χ2v) is 6.74. The Labute approximate surface area is 166 Å². The summed E-state index contributed by atoms with van der Waals surface area (Å²) in [6, 6.07) is 13.8. The van der Waals surface area contributed by atoms with E-state index in [1.54, 1.807) is 65.4 Å². The van der Waals surface area contributed by atoms with Gasteiger partial charge in [-0.25, -0.2) is 4.98 Å². The van der Waals surface area contributed by atoms with Gasteiger partial charge in [0, 0.05) is 31.7 Å². The Morgan fingerprint density at radius 2 is 1.55 bits per heavy atom. The molecular formula is C21H20N4O4. The summed E-state index contributed by atoms with van der Waals surface area (Å²) in [4.78, 5) is 47.8. The van der Waals surface area contributed by atoms with Crippen LogP contribution >= 0.6 is 0 Å². The van der Waals surface area contributed by atoms with Gasteiger partial charge >= 0.3 is 0 Å². The summed E-state index contributed by atoms with van der Waals surface area (Å²) in [5, 5.41) is 0.443. The third-order valence-corrected chi connectivity index (χ3v) is 5.01. The van der Waals surface area contributed by atoms with Crippen molar-refractivity contribution in [3.8, 4) is 5.75 Å². The van der Waals surface area contributed by atoms with Crippen molar-refractivity contribution < 1.29 is 14.3 Å². The third-order valence-electron chi connectivity index (χ3n) is 5.01. The van der Waals surface area contributed by atoms with Gasteiger partial charge in [-0.1, -0.05) is 12.1 Å². The fraction of sp³-hybridized carbons (Fsp3) is 0.238. The standard InChI is InChI=1S/C21H20N4O4/c1-29-15-8-6-14(7-9-15)20(27)24-10-12-25(13-11-24)21(28)18-22-17-5-3-2-4-16(17)19(26)23-18/h2-9H,10-13H2,1H3,(H,22,23,26). The van der Waals surface area contributed by atoms with Gasteiger partial charge in [0.05, 0.1) is 18.0 Å². The van der Waals surface area contributed by atoms with Crippen molar-refractivity contribution in [3.63, 3.8) is 0 Å². The molecule has 1 N–H and O–H groups in total. The smallest absolute Gasteiger partial charge is 0.289 e. The van der Waals surface area contributed by atoms with Crippen LogP contribution in [0.5, 0.6) is 5.75 Å². The normalized spacial score (nSPS) is 14.1. The Hall–Kier alpha value is -3.68. The van der Waals surface area contributed by atoms with Crippen LogP contribution in [0.1, 0.15) is 21.0 Å². The number of rotatable bonds is 3.